The molecule has 4 nitrogen and oxygen atoms in total. The number of benzene rings is 1. The number of rotatable bonds is 5. The van der Waals surface area contributed by atoms with Gasteiger partial charge in [-0.2, -0.15) is 13.2 Å². The van der Waals surface area contributed by atoms with E-state index in [1.54, 1.807) is 11.8 Å². The van der Waals surface area contributed by atoms with Crippen molar-refractivity contribution in [3.63, 3.8) is 0 Å². The van der Waals surface area contributed by atoms with Crippen LogP contribution in [0, 0.1) is 5.92 Å². The molecule has 1 fully saturated rings. The summed E-state index contributed by atoms with van der Waals surface area (Å²) in [7, 11) is 1.98. The zero-order valence-electron chi connectivity index (χ0n) is 14.2. The molecule has 138 valence electrons. The molecule has 1 N–H and O–H groups in total. The molecular formula is C17H22F3N3OS. The van der Waals surface area contributed by atoms with Gasteiger partial charge in [-0.1, -0.05) is 30.8 Å². The molecule has 2 heterocycles. The smallest absolute Gasteiger partial charge is 0.368 e. The maximum atomic E-state index is 12.4. The molecule has 0 aliphatic carbocycles. The highest BCUT2D eigenvalue weighted by Crippen LogP contribution is 2.28. The molecule has 1 aliphatic heterocycles. The minimum Gasteiger partial charge on any atom is -0.368 e. The average Bonchev–Trinajstić information content (AvgIpc) is 2.89. The van der Waals surface area contributed by atoms with E-state index < -0.39 is 12.8 Å². The van der Waals surface area contributed by atoms with Crippen molar-refractivity contribution in [3.8, 4) is 0 Å². The Morgan fingerprint density at radius 3 is 2.84 bits per heavy atom. The Labute approximate surface area is 149 Å². The number of halogens is 3. The van der Waals surface area contributed by atoms with Gasteiger partial charge < -0.3 is 14.6 Å². The van der Waals surface area contributed by atoms with Crippen LogP contribution in [0.4, 0.5) is 13.2 Å². The van der Waals surface area contributed by atoms with E-state index in [1.165, 1.54) is 0 Å². The fourth-order valence-electron chi connectivity index (χ4n) is 3.18. The van der Waals surface area contributed by atoms with Gasteiger partial charge in [0.15, 0.2) is 5.16 Å². The summed E-state index contributed by atoms with van der Waals surface area (Å²) >= 11 is 1.62. The highest BCUT2D eigenvalue weighted by Gasteiger charge is 2.35. The van der Waals surface area contributed by atoms with Gasteiger partial charge in [-0.15, -0.1) is 0 Å². The largest absolute Gasteiger partial charge is 0.411 e. The Morgan fingerprint density at radius 1 is 1.36 bits per heavy atom. The standard InChI is InChI=1S/C17H22F3N3OS/c1-11-13(21-8-7-15(11)24-10-17(18,19)20)9-25-16-22-12-5-3-4-6-14(12)23(16)2/h3-6,11,13,15,21H,7-10H2,1-2H3. The van der Waals surface area contributed by atoms with Crippen LogP contribution in [0.15, 0.2) is 29.4 Å². The van der Waals surface area contributed by atoms with E-state index in [9.17, 15) is 13.2 Å². The molecule has 25 heavy (non-hydrogen) atoms. The van der Waals surface area contributed by atoms with Crippen molar-refractivity contribution in [3.05, 3.63) is 24.3 Å². The summed E-state index contributed by atoms with van der Waals surface area (Å²) in [4.78, 5) is 4.63. The number of imidazole rings is 1. The van der Waals surface area contributed by atoms with Crippen LogP contribution in [0.5, 0.6) is 0 Å². The first-order valence-corrected chi connectivity index (χ1v) is 9.30. The minimum atomic E-state index is -4.28. The second-order valence-electron chi connectivity index (χ2n) is 6.43. The molecule has 3 rings (SSSR count). The quantitative estimate of drug-likeness (QED) is 0.813. The molecule has 8 heteroatoms. The number of nitrogens with one attached hydrogen (secondary N) is 1. The van der Waals surface area contributed by atoms with Gasteiger partial charge in [-0.25, -0.2) is 4.98 Å². The second-order valence-corrected chi connectivity index (χ2v) is 7.41. The molecule has 0 amide bonds. The number of nitrogens with zero attached hydrogens (tertiary/aromatic N) is 2. The van der Waals surface area contributed by atoms with E-state index in [-0.39, 0.29) is 18.1 Å². The Bertz CT molecular complexity index is 719. The van der Waals surface area contributed by atoms with E-state index in [2.05, 4.69) is 10.3 Å². The molecular weight excluding hydrogens is 351 g/mol. The number of hydrogen-bond acceptors (Lipinski definition) is 4. The van der Waals surface area contributed by atoms with Gasteiger partial charge in [0, 0.05) is 18.8 Å². The van der Waals surface area contributed by atoms with Crippen LogP contribution in [0.2, 0.25) is 0 Å². The van der Waals surface area contributed by atoms with E-state index >= 15 is 0 Å². The predicted molar refractivity (Wildman–Crippen MR) is 92.8 cm³/mol. The van der Waals surface area contributed by atoms with Crippen molar-refractivity contribution in [2.75, 3.05) is 18.9 Å². The van der Waals surface area contributed by atoms with E-state index in [0.29, 0.717) is 13.0 Å². The number of ether oxygens (including phenoxy) is 1. The molecule has 1 aromatic heterocycles. The van der Waals surface area contributed by atoms with Crippen LogP contribution in [-0.4, -0.2) is 46.8 Å². The SMILES string of the molecule is CC1C(CSc2nc3ccccc3n2C)NCCC1OCC(F)(F)F. The van der Waals surface area contributed by atoms with E-state index in [0.717, 1.165) is 21.9 Å². The van der Waals surface area contributed by atoms with Crippen molar-refractivity contribution in [2.24, 2.45) is 13.0 Å². The summed E-state index contributed by atoms with van der Waals surface area (Å²) in [5.74, 6) is 0.753. The highest BCUT2D eigenvalue weighted by molar-refractivity contribution is 7.99. The monoisotopic (exact) mass is 373 g/mol. The number of alkyl halides is 3. The minimum absolute atomic E-state index is 0.0123. The summed E-state index contributed by atoms with van der Waals surface area (Å²) in [5.41, 5.74) is 2.02. The predicted octanol–water partition coefficient (Wildman–Crippen LogP) is 3.61. The third kappa shape index (κ3) is 4.48. The lowest BCUT2D eigenvalue weighted by Crippen LogP contribution is -2.50. The Hall–Kier alpha value is -1.25. The Kier molecular flexibility index (Phi) is 5.60. The summed E-state index contributed by atoms with van der Waals surface area (Å²) in [6.07, 6.45) is -4.04. The lowest BCUT2D eigenvalue weighted by atomic mass is 9.91. The number of thioether (sulfide) groups is 1. The van der Waals surface area contributed by atoms with Crippen molar-refractivity contribution < 1.29 is 17.9 Å². The summed E-state index contributed by atoms with van der Waals surface area (Å²) in [5, 5.41) is 4.31. The van der Waals surface area contributed by atoms with Crippen molar-refractivity contribution in [2.45, 2.75) is 36.8 Å². The van der Waals surface area contributed by atoms with Crippen molar-refractivity contribution >= 4 is 22.8 Å². The lowest BCUT2D eigenvalue weighted by Gasteiger charge is -2.36. The maximum absolute atomic E-state index is 12.4. The third-order valence-corrected chi connectivity index (χ3v) is 5.80. The van der Waals surface area contributed by atoms with Crippen LogP contribution in [0.25, 0.3) is 11.0 Å². The van der Waals surface area contributed by atoms with Gasteiger partial charge in [0.05, 0.1) is 17.1 Å². The molecule has 0 saturated carbocycles. The summed E-state index contributed by atoms with van der Waals surface area (Å²) in [6.45, 7) is 1.45. The van der Waals surface area contributed by atoms with E-state index in [4.69, 9.17) is 4.74 Å². The van der Waals surface area contributed by atoms with Crippen LogP contribution < -0.4 is 5.32 Å². The van der Waals surface area contributed by atoms with Crippen LogP contribution >= 0.6 is 11.8 Å². The lowest BCUT2D eigenvalue weighted by molar-refractivity contribution is -0.193. The number of piperidine rings is 1. The zero-order chi connectivity index (χ0) is 18.0. The normalized spacial score (nSPS) is 24.8. The molecule has 2 aromatic rings. The third-order valence-electron chi connectivity index (χ3n) is 4.66. The first-order chi connectivity index (χ1) is 11.8. The zero-order valence-corrected chi connectivity index (χ0v) is 15.0. The molecule has 0 bridgehead atoms. The average molecular weight is 373 g/mol. The molecule has 3 atom stereocenters. The van der Waals surface area contributed by atoms with E-state index in [1.807, 2.05) is 42.8 Å². The second kappa shape index (κ2) is 7.55. The maximum Gasteiger partial charge on any atom is 0.411 e. The molecule has 0 spiro atoms. The fourth-order valence-corrected chi connectivity index (χ4v) is 4.39. The van der Waals surface area contributed by atoms with Crippen LogP contribution in [-0.2, 0) is 11.8 Å². The topological polar surface area (TPSA) is 39.1 Å². The molecule has 3 unspecified atom stereocenters. The number of hydrogen-bond donors (Lipinski definition) is 1. The van der Waals surface area contributed by atoms with Gasteiger partial charge in [-0.3, -0.25) is 0 Å². The first kappa shape index (κ1) is 18.5. The van der Waals surface area contributed by atoms with Gasteiger partial charge >= 0.3 is 6.18 Å². The van der Waals surface area contributed by atoms with Gasteiger partial charge in [0.1, 0.15) is 6.61 Å². The van der Waals surface area contributed by atoms with Gasteiger partial charge in [0.25, 0.3) is 0 Å². The van der Waals surface area contributed by atoms with Crippen LogP contribution in [0.1, 0.15) is 13.3 Å². The molecule has 1 aliphatic rings. The molecule has 1 saturated heterocycles. The molecule has 1 aromatic carbocycles. The number of para-hydroxylation sites is 2. The van der Waals surface area contributed by atoms with Gasteiger partial charge in [-0.05, 0) is 31.0 Å². The van der Waals surface area contributed by atoms with Gasteiger partial charge in [0.2, 0.25) is 0 Å². The number of aromatic nitrogens is 2. The highest BCUT2D eigenvalue weighted by atomic mass is 32.2. The van der Waals surface area contributed by atoms with Crippen LogP contribution in [0.3, 0.4) is 0 Å². The number of aryl methyl sites for hydroxylation is 1. The fraction of sp³-hybridized carbons (Fsp3) is 0.588. The number of fused-ring (bicyclic) bond motifs is 1. The first-order valence-electron chi connectivity index (χ1n) is 8.31. The van der Waals surface area contributed by atoms with Crippen molar-refractivity contribution in [1.82, 2.24) is 14.9 Å². The Balaban J connectivity index is 1.60. The summed E-state index contributed by atoms with van der Waals surface area (Å²) in [6, 6.07) is 8.02. The Morgan fingerprint density at radius 2 is 2.12 bits per heavy atom. The van der Waals surface area contributed by atoms with Crippen molar-refractivity contribution in [1.29, 1.82) is 0 Å². The summed E-state index contributed by atoms with van der Waals surface area (Å²) < 4.78 is 44.3. The molecule has 0 radical (unpaired) electrons.